The van der Waals surface area contributed by atoms with Crippen molar-refractivity contribution in [1.82, 2.24) is 9.78 Å². The summed E-state index contributed by atoms with van der Waals surface area (Å²) in [4.78, 5) is 0. The van der Waals surface area contributed by atoms with Gasteiger partial charge in [-0.25, -0.2) is 4.39 Å². The van der Waals surface area contributed by atoms with E-state index in [2.05, 4.69) is 5.10 Å². The van der Waals surface area contributed by atoms with Gasteiger partial charge in [-0.1, -0.05) is 6.07 Å². The van der Waals surface area contributed by atoms with Gasteiger partial charge in [0.15, 0.2) is 11.6 Å². The highest BCUT2D eigenvalue weighted by Gasteiger charge is 2.10. The Morgan fingerprint density at radius 3 is 2.84 bits per heavy atom. The summed E-state index contributed by atoms with van der Waals surface area (Å²) in [5, 5.41) is 4.10. The molecule has 0 aliphatic rings. The zero-order chi connectivity index (χ0) is 13.8. The number of nitrogens with zero attached hydrogens (tertiary/aromatic N) is 2. The zero-order valence-electron chi connectivity index (χ0n) is 11.1. The van der Waals surface area contributed by atoms with Gasteiger partial charge in [-0.2, -0.15) is 5.10 Å². The van der Waals surface area contributed by atoms with Crippen LogP contribution in [0.4, 0.5) is 4.39 Å². The minimum absolute atomic E-state index is 0.194. The van der Waals surface area contributed by atoms with Gasteiger partial charge in [-0.05, 0) is 36.1 Å². The van der Waals surface area contributed by atoms with Crippen molar-refractivity contribution in [1.29, 1.82) is 0 Å². The van der Waals surface area contributed by atoms with Crippen molar-refractivity contribution < 1.29 is 9.13 Å². The first-order chi connectivity index (χ1) is 9.10. The Morgan fingerprint density at radius 1 is 1.47 bits per heavy atom. The molecule has 1 unspecified atom stereocenters. The predicted octanol–water partition coefficient (Wildman–Crippen LogP) is 2.20. The third kappa shape index (κ3) is 3.32. The highest BCUT2D eigenvalue weighted by atomic mass is 19.1. The summed E-state index contributed by atoms with van der Waals surface area (Å²) in [5.74, 6) is -0.139. The highest BCUT2D eigenvalue weighted by Crippen LogP contribution is 2.23. The van der Waals surface area contributed by atoms with E-state index in [1.165, 1.54) is 13.2 Å². The molecule has 0 aliphatic heterocycles. The van der Waals surface area contributed by atoms with Gasteiger partial charge in [-0.3, -0.25) is 4.68 Å². The van der Waals surface area contributed by atoms with Crippen LogP contribution in [-0.2, 0) is 13.5 Å². The quantitative estimate of drug-likeness (QED) is 0.899. The van der Waals surface area contributed by atoms with Crippen molar-refractivity contribution in [3.8, 4) is 5.75 Å². The van der Waals surface area contributed by atoms with Crippen LogP contribution >= 0.6 is 0 Å². The molecule has 1 heterocycles. The molecular formula is C14H18FN3O. The number of rotatable bonds is 5. The topological polar surface area (TPSA) is 53.1 Å². The average Bonchev–Trinajstić information content (AvgIpc) is 2.81. The van der Waals surface area contributed by atoms with E-state index in [1.807, 2.05) is 19.4 Å². The second-order valence-corrected chi connectivity index (χ2v) is 4.56. The van der Waals surface area contributed by atoms with E-state index in [9.17, 15) is 4.39 Å². The van der Waals surface area contributed by atoms with Crippen molar-refractivity contribution in [2.75, 3.05) is 7.11 Å². The fourth-order valence-corrected chi connectivity index (χ4v) is 2.00. The molecule has 2 aromatic rings. The SMILES string of the molecule is COc1ccc(C(N)CCc2cnn(C)c2)cc1F. The molecule has 1 aromatic heterocycles. The number of benzene rings is 1. The number of aromatic nitrogens is 2. The monoisotopic (exact) mass is 263 g/mol. The van der Waals surface area contributed by atoms with Crippen molar-refractivity contribution in [3.63, 3.8) is 0 Å². The fraction of sp³-hybridized carbons (Fsp3) is 0.357. The van der Waals surface area contributed by atoms with Crippen LogP contribution in [-0.4, -0.2) is 16.9 Å². The smallest absolute Gasteiger partial charge is 0.165 e. The summed E-state index contributed by atoms with van der Waals surface area (Å²) in [6.07, 6.45) is 5.35. The van der Waals surface area contributed by atoms with E-state index in [4.69, 9.17) is 10.5 Å². The molecule has 0 saturated heterocycles. The zero-order valence-corrected chi connectivity index (χ0v) is 11.1. The molecule has 1 aromatic carbocycles. The Balaban J connectivity index is 1.99. The molecular weight excluding hydrogens is 245 g/mol. The molecule has 2 N–H and O–H groups in total. The predicted molar refractivity (Wildman–Crippen MR) is 71.4 cm³/mol. The average molecular weight is 263 g/mol. The van der Waals surface area contributed by atoms with E-state index in [1.54, 1.807) is 16.8 Å². The van der Waals surface area contributed by atoms with E-state index >= 15 is 0 Å². The highest BCUT2D eigenvalue weighted by molar-refractivity contribution is 5.31. The van der Waals surface area contributed by atoms with Gasteiger partial charge in [0, 0.05) is 19.3 Å². The molecule has 19 heavy (non-hydrogen) atoms. The molecule has 0 radical (unpaired) electrons. The molecule has 0 amide bonds. The number of halogens is 1. The van der Waals surface area contributed by atoms with Crippen molar-refractivity contribution in [2.45, 2.75) is 18.9 Å². The minimum atomic E-state index is -0.378. The summed E-state index contributed by atoms with van der Waals surface area (Å²) >= 11 is 0. The molecule has 4 nitrogen and oxygen atoms in total. The second-order valence-electron chi connectivity index (χ2n) is 4.56. The van der Waals surface area contributed by atoms with Crippen LogP contribution in [0.15, 0.2) is 30.6 Å². The number of hydrogen-bond donors (Lipinski definition) is 1. The third-order valence-electron chi connectivity index (χ3n) is 3.11. The molecule has 1 atom stereocenters. The number of nitrogens with two attached hydrogens (primary N) is 1. The lowest BCUT2D eigenvalue weighted by Crippen LogP contribution is -2.11. The molecule has 102 valence electrons. The van der Waals surface area contributed by atoms with Crippen LogP contribution in [0.3, 0.4) is 0 Å². The van der Waals surface area contributed by atoms with Crippen LogP contribution in [0.2, 0.25) is 0 Å². The van der Waals surface area contributed by atoms with Gasteiger partial charge >= 0.3 is 0 Å². The first-order valence-corrected chi connectivity index (χ1v) is 6.16. The summed E-state index contributed by atoms with van der Waals surface area (Å²) in [6.45, 7) is 0. The molecule has 0 spiro atoms. The van der Waals surface area contributed by atoms with Gasteiger partial charge in [0.1, 0.15) is 0 Å². The Hall–Kier alpha value is -1.88. The molecule has 0 bridgehead atoms. The van der Waals surface area contributed by atoms with Crippen molar-refractivity contribution >= 4 is 0 Å². The number of aryl methyl sites for hydroxylation is 2. The van der Waals surface area contributed by atoms with Gasteiger partial charge in [-0.15, -0.1) is 0 Å². The molecule has 5 heteroatoms. The standard InChI is InChI=1S/C14H18FN3O/c1-18-9-10(8-17-18)3-5-13(16)11-4-6-14(19-2)12(15)7-11/h4,6-9,13H,3,5,16H2,1-2H3. The summed E-state index contributed by atoms with van der Waals surface area (Å²) in [6, 6.07) is 4.65. The molecule has 2 rings (SSSR count). The summed E-state index contributed by atoms with van der Waals surface area (Å²) in [5.41, 5.74) is 7.99. The lowest BCUT2D eigenvalue weighted by molar-refractivity contribution is 0.385. The maximum Gasteiger partial charge on any atom is 0.165 e. The van der Waals surface area contributed by atoms with Crippen LogP contribution < -0.4 is 10.5 Å². The second kappa shape index (κ2) is 5.84. The third-order valence-corrected chi connectivity index (χ3v) is 3.11. The lowest BCUT2D eigenvalue weighted by atomic mass is 10.0. The van der Waals surface area contributed by atoms with E-state index in [-0.39, 0.29) is 17.6 Å². The number of ether oxygens (including phenoxy) is 1. The maximum atomic E-state index is 13.6. The van der Waals surface area contributed by atoms with E-state index < -0.39 is 0 Å². The van der Waals surface area contributed by atoms with Crippen LogP contribution in [0, 0.1) is 5.82 Å². The van der Waals surface area contributed by atoms with Crippen LogP contribution in [0.25, 0.3) is 0 Å². The Bertz CT molecular complexity index is 553. The molecule has 0 saturated carbocycles. The Kier molecular flexibility index (Phi) is 4.16. The van der Waals surface area contributed by atoms with E-state index in [0.717, 1.165) is 24.0 Å². The normalized spacial score (nSPS) is 12.4. The molecule has 0 aliphatic carbocycles. The van der Waals surface area contributed by atoms with Gasteiger partial charge < -0.3 is 10.5 Å². The first-order valence-electron chi connectivity index (χ1n) is 6.16. The summed E-state index contributed by atoms with van der Waals surface area (Å²) in [7, 11) is 3.32. The van der Waals surface area contributed by atoms with E-state index in [0.29, 0.717) is 0 Å². The molecule has 0 fully saturated rings. The van der Waals surface area contributed by atoms with Gasteiger partial charge in [0.05, 0.1) is 13.3 Å². The Labute approximate surface area is 112 Å². The number of methoxy groups -OCH3 is 1. The largest absolute Gasteiger partial charge is 0.494 e. The van der Waals surface area contributed by atoms with Crippen molar-refractivity contribution in [3.05, 3.63) is 47.5 Å². The minimum Gasteiger partial charge on any atom is -0.494 e. The van der Waals surface area contributed by atoms with Crippen molar-refractivity contribution in [2.24, 2.45) is 12.8 Å². The number of hydrogen-bond acceptors (Lipinski definition) is 3. The van der Waals surface area contributed by atoms with Gasteiger partial charge in [0.25, 0.3) is 0 Å². The summed E-state index contributed by atoms with van der Waals surface area (Å²) < 4.78 is 20.2. The van der Waals surface area contributed by atoms with Crippen LogP contribution in [0.5, 0.6) is 5.75 Å². The maximum absolute atomic E-state index is 13.6. The fourth-order valence-electron chi connectivity index (χ4n) is 2.00. The lowest BCUT2D eigenvalue weighted by Gasteiger charge is -2.12. The first kappa shape index (κ1) is 13.5. The Morgan fingerprint density at radius 2 is 2.26 bits per heavy atom. The van der Waals surface area contributed by atoms with Gasteiger partial charge in [0.2, 0.25) is 0 Å². The van der Waals surface area contributed by atoms with Crippen LogP contribution in [0.1, 0.15) is 23.6 Å².